The molecule has 6 nitrogen and oxygen atoms in total. The molecule has 0 aliphatic carbocycles. The molecule has 3 aromatic rings. The van der Waals surface area contributed by atoms with E-state index in [9.17, 15) is 13.2 Å². The summed E-state index contributed by atoms with van der Waals surface area (Å²) in [6.07, 6.45) is 1.38. The predicted octanol–water partition coefficient (Wildman–Crippen LogP) is 3.56. The Morgan fingerprint density at radius 2 is 1.54 bits per heavy atom. The summed E-state index contributed by atoms with van der Waals surface area (Å²) in [6, 6.07) is 22.3. The minimum absolute atomic E-state index is 0.142. The number of benzene rings is 3. The third-order valence-electron chi connectivity index (χ3n) is 3.92. The van der Waals surface area contributed by atoms with Crippen LogP contribution in [-0.2, 0) is 10.0 Å². The molecule has 0 aliphatic rings. The van der Waals surface area contributed by atoms with Crippen LogP contribution in [0.5, 0.6) is 0 Å². The zero-order valence-corrected chi connectivity index (χ0v) is 16.0. The molecule has 0 heterocycles. The van der Waals surface area contributed by atoms with Crippen LogP contribution in [0.15, 0.2) is 88.9 Å². The Bertz CT molecular complexity index is 1080. The Kier molecular flexibility index (Phi) is 5.86. The summed E-state index contributed by atoms with van der Waals surface area (Å²) in [5, 5.41) is 6.59. The van der Waals surface area contributed by atoms with Crippen LogP contribution in [0.1, 0.15) is 21.5 Å². The fourth-order valence-corrected chi connectivity index (χ4v) is 3.18. The first-order valence-corrected chi connectivity index (χ1v) is 10.0. The largest absolute Gasteiger partial charge is 0.322 e. The van der Waals surface area contributed by atoms with Gasteiger partial charge in [-0.25, -0.2) is 4.83 Å². The number of carbonyl (C=O) groups is 1. The monoisotopic (exact) mass is 393 g/mol. The van der Waals surface area contributed by atoms with E-state index in [-0.39, 0.29) is 10.8 Å². The van der Waals surface area contributed by atoms with Gasteiger partial charge in [0.15, 0.2) is 0 Å². The number of anilines is 1. The lowest BCUT2D eigenvalue weighted by Crippen LogP contribution is -2.18. The highest BCUT2D eigenvalue weighted by Gasteiger charge is 2.11. The second-order valence-corrected chi connectivity index (χ2v) is 7.77. The Labute approximate surface area is 164 Å². The maximum atomic E-state index is 12.2. The van der Waals surface area contributed by atoms with E-state index in [1.165, 1.54) is 18.3 Å². The first-order valence-electron chi connectivity index (χ1n) is 8.52. The number of rotatable bonds is 6. The standard InChI is InChI=1S/C21H19N3O3S/c1-16-7-13-20(14-8-16)28(26,27)24-22-15-17-9-11-18(12-10-17)21(25)23-19-5-3-2-4-6-19/h2-15,24H,1H3,(H,23,25)/b22-15+. The number of aryl methyl sites for hydroxylation is 1. The van der Waals surface area contributed by atoms with Crippen molar-refractivity contribution in [1.82, 2.24) is 4.83 Å². The van der Waals surface area contributed by atoms with Gasteiger partial charge in [0.2, 0.25) is 0 Å². The molecule has 0 spiro atoms. The van der Waals surface area contributed by atoms with E-state index in [1.807, 2.05) is 25.1 Å². The molecular weight excluding hydrogens is 374 g/mol. The highest BCUT2D eigenvalue weighted by molar-refractivity contribution is 7.89. The van der Waals surface area contributed by atoms with E-state index in [4.69, 9.17) is 0 Å². The van der Waals surface area contributed by atoms with Crippen molar-refractivity contribution in [3.05, 3.63) is 95.6 Å². The normalized spacial score (nSPS) is 11.3. The third kappa shape index (κ3) is 5.05. The molecular formula is C21H19N3O3S. The number of hydrogen-bond acceptors (Lipinski definition) is 4. The fraction of sp³-hybridized carbons (Fsp3) is 0.0476. The molecule has 3 aromatic carbocycles. The minimum atomic E-state index is -3.72. The Hall–Kier alpha value is -3.45. The van der Waals surface area contributed by atoms with Gasteiger partial charge in [-0.3, -0.25) is 4.79 Å². The first kappa shape index (κ1) is 19.3. The predicted molar refractivity (Wildman–Crippen MR) is 110 cm³/mol. The van der Waals surface area contributed by atoms with Crippen molar-refractivity contribution in [2.24, 2.45) is 5.10 Å². The van der Waals surface area contributed by atoms with Gasteiger partial charge >= 0.3 is 0 Å². The number of para-hydroxylation sites is 1. The van der Waals surface area contributed by atoms with Gasteiger partial charge in [0.25, 0.3) is 15.9 Å². The molecule has 3 rings (SSSR count). The van der Waals surface area contributed by atoms with Crippen LogP contribution in [0.2, 0.25) is 0 Å². The van der Waals surface area contributed by atoms with Crippen LogP contribution in [0, 0.1) is 6.92 Å². The Morgan fingerprint density at radius 1 is 0.893 bits per heavy atom. The lowest BCUT2D eigenvalue weighted by atomic mass is 10.1. The van der Waals surface area contributed by atoms with Crippen molar-refractivity contribution in [3.8, 4) is 0 Å². The van der Waals surface area contributed by atoms with Crippen molar-refractivity contribution in [2.45, 2.75) is 11.8 Å². The van der Waals surface area contributed by atoms with Gasteiger partial charge in [0.1, 0.15) is 0 Å². The molecule has 142 valence electrons. The highest BCUT2D eigenvalue weighted by atomic mass is 32.2. The Morgan fingerprint density at radius 3 is 2.18 bits per heavy atom. The second kappa shape index (κ2) is 8.49. The minimum Gasteiger partial charge on any atom is -0.322 e. The number of nitrogens with one attached hydrogen (secondary N) is 2. The van der Waals surface area contributed by atoms with Gasteiger partial charge in [-0.1, -0.05) is 48.0 Å². The SMILES string of the molecule is Cc1ccc(S(=O)(=O)N/N=C/c2ccc(C(=O)Nc3ccccc3)cc2)cc1. The second-order valence-electron chi connectivity index (χ2n) is 6.11. The molecule has 0 saturated heterocycles. The Balaban J connectivity index is 1.62. The summed E-state index contributed by atoms with van der Waals surface area (Å²) in [6.45, 7) is 1.88. The smallest absolute Gasteiger partial charge is 0.276 e. The van der Waals surface area contributed by atoms with E-state index < -0.39 is 10.0 Å². The third-order valence-corrected chi connectivity index (χ3v) is 5.16. The van der Waals surface area contributed by atoms with Crippen LogP contribution in [0.3, 0.4) is 0 Å². The number of hydrazone groups is 1. The summed E-state index contributed by atoms with van der Waals surface area (Å²) < 4.78 is 24.3. The molecule has 1 amide bonds. The summed E-state index contributed by atoms with van der Waals surface area (Å²) in [5.74, 6) is -0.227. The van der Waals surface area contributed by atoms with Gasteiger partial charge in [-0.2, -0.15) is 13.5 Å². The number of hydrogen-bond donors (Lipinski definition) is 2. The molecule has 0 bridgehead atoms. The van der Waals surface area contributed by atoms with Gasteiger partial charge in [0, 0.05) is 11.3 Å². The topological polar surface area (TPSA) is 87.6 Å². The number of amides is 1. The van der Waals surface area contributed by atoms with Gasteiger partial charge in [-0.15, -0.1) is 0 Å². The van der Waals surface area contributed by atoms with Crippen LogP contribution in [-0.4, -0.2) is 20.5 Å². The van der Waals surface area contributed by atoms with Crippen LogP contribution >= 0.6 is 0 Å². The molecule has 0 atom stereocenters. The highest BCUT2D eigenvalue weighted by Crippen LogP contribution is 2.11. The van der Waals surface area contributed by atoms with Crippen LogP contribution in [0.25, 0.3) is 0 Å². The maximum Gasteiger partial charge on any atom is 0.276 e. The van der Waals surface area contributed by atoms with E-state index >= 15 is 0 Å². The average molecular weight is 393 g/mol. The summed E-state index contributed by atoms with van der Waals surface area (Å²) in [5.41, 5.74) is 2.83. The molecule has 0 aromatic heterocycles. The summed E-state index contributed by atoms with van der Waals surface area (Å²) in [7, 11) is -3.72. The lowest BCUT2D eigenvalue weighted by molar-refractivity contribution is 0.102. The molecule has 2 N–H and O–H groups in total. The van der Waals surface area contributed by atoms with Crippen LogP contribution < -0.4 is 10.1 Å². The molecule has 0 saturated carbocycles. The molecule has 0 aliphatic heterocycles. The molecule has 0 fully saturated rings. The van der Waals surface area contributed by atoms with Crippen LogP contribution in [0.4, 0.5) is 5.69 Å². The summed E-state index contributed by atoms with van der Waals surface area (Å²) in [4.78, 5) is 14.5. The lowest BCUT2D eigenvalue weighted by Gasteiger charge is -2.05. The van der Waals surface area contributed by atoms with E-state index in [0.717, 1.165) is 5.56 Å². The zero-order valence-electron chi connectivity index (χ0n) is 15.2. The van der Waals surface area contributed by atoms with E-state index in [2.05, 4.69) is 15.2 Å². The van der Waals surface area contributed by atoms with E-state index in [1.54, 1.807) is 48.5 Å². The van der Waals surface area contributed by atoms with Crippen molar-refractivity contribution < 1.29 is 13.2 Å². The van der Waals surface area contributed by atoms with Crippen molar-refractivity contribution in [1.29, 1.82) is 0 Å². The zero-order chi connectivity index (χ0) is 20.0. The summed E-state index contributed by atoms with van der Waals surface area (Å²) >= 11 is 0. The quantitative estimate of drug-likeness (QED) is 0.496. The first-order chi connectivity index (χ1) is 13.4. The van der Waals surface area contributed by atoms with Crippen molar-refractivity contribution in [2.75, 3.05) is 5.32 Å². The fourth-order valence-electron chi connectivity index (χ4n) is 2.39. The average Bonchev–Trinajstić information content (AvgIpc) is 2.69. The van der Waals surface area contributed by atoms with E-state index in [0.29, 0.717) is 16.8 Å². The molecule has 0 unspecified atom stereocenters. The molecule has 28 heavy (non-hydrogen) atoms. The number of nitrogens with zero attached hydrogens (tertiary/aromatic N) is 1. The molecule has 0 radical (unpaired) electrons. The van der Waals surface area contributed by atoms with Crippen molar-refractivity contribution in [3.63, 3.8) is 0 Å². The number of carbonyl (C=O) groups excluding carboxylic acids is 1. The van der Waals surface area contributed by atoms with Gasteiger partial charge in [0.05, 0.1) is 11.1 Å². The van der Waals surface area contributed by atoms with Gasteiger partial charge in [-0.05, 0) is 48.9 Å². The number of sulfonamides is 1. The van der Waals surface area contributed by atoms with Crippen molar-refractivity contribution >= 4 is 27.8 Å². The molecule has 7 heteroatoms. The van der Waals surface area contributed by atoms with Gasteiger partial charge < -0.3 is 5.32 Å². The maximum absolute atomic E-state index is 12.2.